The fourth-order valence-corrected chi connectivity index (χ4v) is 3.38. The number of amides is 1. The predicted octanol–water partition coefficient (Wildman–Crippen LogP) is 3.52. The first-order chi connectivity index (χ1) is 13.5. The molecular formula is C20H20N4O3S. The molecule has 1 amide bonds. The second-order valence-corrected chi connectivity index (χ2v) is 6.98. The molecule has 2 aromatic carbocycles. The molecule has 3 aromatic rings. The maximum absolute atomic E-state index is 12.3. The minimum Gasteiger partial charge on any atom is -0.497 e. The molecule has 144 valence electrons. The van der Waals surface area contributed by atoms with Gasteiger partial charge in [0.15, 0.2) is 10.9 Å². The predicted molar refractivity (Wildman–Crippen MR) is 108 cm³/mol. The maximum Gasteiger partial charge on any atom is 0.234 e. The van der Waals surface area contributed by atoms with Crippen molar-refractivity contribution in [2.75, 3.05) is 18.2 Å². The SMILES string of the molecule is COc1ccc(-n2c(C)nnc2SCC(=O)Nc2ccc(C(C)=O)cc2)cc1. The molecule has 0 aliphatic rings. The number of thioether (sulfide) groups is 1. The second-order valence-electron chi connectivity index (χ2n) is 6.03. The summed E-state index contributed by atoms with van der Waals surface area (Å²) in [4.78, 5) is 23.6. The number of hydrogen-bond donors (Lipinski definition) is 1. The smallest absolute Gasteiger partial charge is 0.234 e. The molecule has 1 aromatic heterocycles. The number of rotatable bonds is 7. The number of nitrogens with zero attached hydrogens (tertiary/aromatic N) is 3. The normalized spacial score (nSPS) is 10.5. The van der Waals surface area contributed by atoms with Gasteiger partial charge in [-0.25, -0.2) is 0 Å². The summed E-state index contributed by atoms with van der Waals surface area (Å²) < 4.78 is 7.07. The van der Waals surface area contributed by atoms with Crippen molar-refractivity contribution in [1.29, 1.82) is 0 Å². The quantitative estimate of drug-likeness (QED) is 0.486. The Labute approximate surface area is 167 Å². The topological polar surface area (TPSA) is 86.1 Å². The first-order valence-electron chi connectivity index (χ1n) is 8.58. The van der Waals surface area contributed by atoms with Gasteiger partial charge in [0.05, 0.1) is 12.9 Å². The van der Waals surface area contributed by atoms with Gasteiger partial charge < -0.3 is 10.1 Å². The van der Waals surface area contributed by atoms with Crippen LogP contribution in [0.1, 0.15) is 23.1 Å². The van der Waals surface area contributed by atoms with E-state index >= 15 is 0 Å². The highest BCUT2D eigenvalue weighted by Crippen LogP contribution is 2.23. The number of methoxy groups -OCH3 is 1. The molecule has 7 nitrogen and oxygen atoms in total. The van der Waals surface area contributed by atoms with Gasteiger partial charge in [0, 0.05) is 16.9 Å². The first kappa shape index (κ1) is 19.6. The zero-order valence-corrected chi connectivity index (χ0v) is 16.6. The van der Waals surface area contributed by atoms with Crippen molar-refractivity contribution in [2.24, 2.45) is 0 Å². The van der Waals surface area contributed by atoms with Gasteiger partial charge in [-0.1, -0.05) is 11.8 Å². The fraction of sp³-hybridized carbons (Fsp3) is 0.200. The van der Waals surface area contributed by atoms with E-state index in [1.54, 1.807) is 31.4 Å². The van der Waals surface area contributed by atoms with Gasteiger partial charge in [-0.15, -0.1) is 10.2 Å². The van der Waals surface area contributed by atoms with Crippen LogP contribution in [0.2, 0.25) is 0 Å². The number of aromatic nitrogens is 3. The number of hydrogen-bond acceptors (Lipinski definition) is 6. The van der Waals surface area contributed by atoms with Crippen molar-refractivity contribution in [3.05, 3.63) is 59.9 Å². The lowest BCUT2D eigenvalue weighted by molar-refractivity contribution is -0.113. The van der Waals surface area contributed by atoms with Gasteiger partial charge in [-0.2, -0.15) is 0 Å². The van der Waals surface area contributed by atoms with Crippen molar-refractivity contribution in [1.82, 2.24) is 14.8 Å². The highest BCUT2D eigenvalue weighted by atomic mass is 32.2. The lowest BCUT2D eigenvalue weighted by Crippen LogP contribution is -2.14. The molecule has 0 saturated carbocycles. The Bertz CT molecular complexity index is 982. The molecule has 1 heterocycles. The summed E-state index contributed by atoms with van der Waals surface area (Å²) in [6.07, 6.45) is 0. The van der Waals surface area contributed by atoms with E-state index in [0.717, 1.165) is 17.3 Å². The molecule has 0 fully saturated rings. The molecule has 0 bridgehead atoms. The molecule has 0 aliphatic heterocycles. The highest BCUT2D eigenvalue weighted by molar-refractivity contribution is 7.99. The van der Waals surface area contributed by atoms with Crippen LogP contribution in [-0.2, 0) is 4.79 Å². The van der Waals surface area contributed by atoms with E-state index in [1.807, 2.05) is 35.8 Å². The summed E-state index contributed by atoms with van der Waals surface area (Å²) in [5.74, 6) is 1.50. The van der Waals surface area contributed by atoms with E-state index in [2.05, 4.69) is 15.5 Å². The van der Waals surface area contributed by atoms with E-state index in [4.69, 9.17) is 4.74 Å². The Balaban J connectivity index is 1.65. The number of benzene rings is 2. The molecule has 0 atom stereocenters. The number of nitrogens with one attached hydrogen (secondary N) is 1. The number of ketones is 1. The number of Topliss-reactive ketones (excluding diaryl/α,β-unsaturated/α-hetero) is 1. The van der Waals surface area contributed by atoms with Crippen LogP contribution in [0.3, 0.4) is 0 Å². The minimum atomic E-state index is -0.164. The zero-order valence-electron chi connectivity index (χ0n) is 15.8. The third-order valence-corrected chi connectivity index (χ3v) is 4.96. The van der Waals surface area contributed by atoms with Crippen LogP contribution in [0, 0.1) is 6.92 Å². The van der Waals surface area contributed by atoms with Crippen LogP contribution in [0.25, 0.3) is 5.69 Å². The number of aryl methyl sites for hydroxylation is 1. The van der Waals surface area contributed by atoms with Gasteiger partial charge in [0.2, 0.25) is 5.91 Å². The van der Waals surface area contributed by atoms with Crippen molar-refractivity contribution in [2.45, 2.75) is 19.0 Å². The Morgan fingerprint density at radius 3 is 2.36 bits per heavy atom. The third-order valence-electron chi connectivity index (χ3n) is 4.03. The van der Waals surface area contributed by atoms with E-state index in [1.165, 1.54) is 18.7 Å². The fourth-order valence-electron chi connectivity index (χ4n) is 2.58. The largest absolute Gasteiger partial charge is 0.497 e. The van der Waals surface area contributed by atoms with Crippen molar-refractivity contribution in [3.8, 4) is 11.4 Å². The number of carbonyl (C=O) groups excluding carboxylic acids is 2. The average Bonchev–Trinajstić information content (AvgIpc) is 3.07. The first-order valence-corrected chi connectivity index (χ1v) is 9.56. The lowest BCUT2D eigenvalue weighted by atomic mass is 10.1. The van der Waals surface area contributed by atoms with Crippen LogP contribution in [0.5, 0.6) is 5.75 Å². The Morgan fingerprint density at radius 2 is 1.75 bits per heavy atom. The number of anilines is 1. The van der Waals surface area contributed by atoms with E-state index in [0.29, 0.717) is 16.4 Å². The molecule has 8 heteroatoms. The van der Waals surface area contributed by atoms with Gasteiger partial charge in [0.25, 0.3) is 0 Å². The van der Waals surface area contributed by atoms with Crippen LogP contribution in [0.4, 0.5) is 5.69 Å². The van der Waals surface area contributed by atoms with E-state index in [9.17, 15) is 9.59 Å². The Hall–Kier alpha value is -3.13. The summed E-state index contributed by atoms with van der Waals surface area (Å²) in [7, 11) is 1.62. The molecule has 1 N–H and O–H groups in total. The van der Waals surface area contributed by atoms with Gasteiger partial charge in [-0.05, 0) is 62.4 Å². The van der Waals surface area contributed by atoms with Crippen LogP contribution >= 0.6 is 11.8 Å². The molecule has 3 rings (SSSR count). The number of ether oxygens (including phenoxy) is 1. The monoisotopic (exact) mass is 396 g/mol. The van der Waals surface area contributed by atoms with E-state index in [-0.39, 0.29) is 17.4 Å². The molecule has 0 radical (unpaired) electrons. The summed E-state index contributed by atoms with van der Waals surface area (Å²) in [6, 6.07) is 14.4. The summed E-state index contributed by atoms with van der Waals surface area (Å²) in [6.45, 7) is 3.36. The molecule has 0 unspecified atom stereocenters. The van der Waals surface area contributed by atoms with Gasteiger partial charge in [-0.3, -0.25) is 14.2 Å². The molecule has 28 heavy (non-hydrogen) atoms. The van der Waals surface area contributed by atoms with Crippen molar-refractivity contribution >= 4 is 29.1 Å². The van der Waals surface area contributed by atoms with Crippen LogP contribution in [-0.4, -0.2) is 39.3 Å². The lowest BCUT2D eigenvalue weighted by Gasteiger charge is -2.09. The summed E-state index contributed by atoms with van der Waals surface area (Å²) >= 11 is 1.30. The van der Waals surface area contributed by atoms with Crippen LogP contribution < -0.4 is 10.1 Å². The van der Waals surface area contributed by atoms with Crippen molar-refractivity contribution < 1.29 is 14.3 Å². The van der Waals surface area contributed by atoms with Gasteiger partial charge >= 0.3 is 0 Å². The van der Waals surface area contributed by atoms with E-state index < -0.39 is 0 Å². The summed E-state index contributed by atoms with van der Waals surface area (Å²) in [5, 5.41) is 11.7. The zero-order chi connectivity index (χ0) is 20.1. The standard InChI is InChI=1S/C20H20N4O3S/c1-13(25)15-4-6-16(7-5-15)21-19(26)12-28-20-23-22-14(2)24(20)17-8-10-18(27-3)11-9-17/h4-11H,12H2,1-3H3,(H,21,26). The molecular weight excluding hydrogens is 376 g/mol. The minimum absolute atomic E-state index is 0.0123. The Morgan fingerprint density at radius 1 is 1.07 bits per heavy atom. The third kappa shape index (κ3) is 4.58. The van der Waals surface area contributed by atoms with Crippen molar-refractivity contribution in [3.63, 3.8) is 0 Å². The molecule has 0 spiro atoms. The highest BCUT2D eigenvalue weighted by Gasteiger charge is 2.14. The average molecular weight is 396 g/mol. The van der Waals surface area contributed by atoms with Crippen LogP contribution in [0.15, 0.2) is 53.7 Å². The van der Waals surface area contributed by atoms with Gasteiger partial charge in [0.1, 0.15) is 11.6 Å². The number of carbonyl (C=O) groups is 2. The molecule has 0 saturated heterocycles. The Kier molecular flexibility index (Phi) is 6.10. The maximum atomic E-state index is 12.3. The second kappa shape index (κ2) is 8.71. The molecule has 0 aliphatic carbocycles. The summed E-state index contributed by atoms with van der Waals surface area (Å²) in [5.41, 5.74) is 2.14.